The van der Waals surface area contributed by atoms with E-state index in [0.29, 0.717) is 13.0 Å². The molecule has 0 unspecified atom stereocenters. The minimum atomic E-state index is -0.534. The van der Waals surface area contributed by atoms with Gasteiger partial charge in [0, 0.05) is 10.4 Å². The number of anilines is 1. The van der Waals surface area contributed by atoms with Crippen molar-refractivity contribution in [2.75, 3.05) is 11.9 Å². The number of halogens is 1. The first-order valence-corrected chi connectivity index (χ1v) is 10.8. The summed E-state index contributed by atoms with van der Waals surface area (Å²) in [6.45, 7) is 2.28. The van der Waals surface area contributed by atoms with Crippen molar-refractivity contribution in [1.29, 1.82) is 0 Å². The highest BCUT2D eigenvalue weighted by Gasteiger charge is 2.32. The third-order valence-corrected chi connectivity index (χ3v) is 6.59. The molecule has 4 rings (SSSR count). The quantitative estimate of drug-likeness (QED) is 0.628. The van der Waals surface area contributed by atoms with Gasteiger partial charge < -0.3 is 15.5 Å². The second-order valence-electron chi connectivity index (χ2n) is 7.42. The van der Waals surface area contributed by atoms with Gasteiger partial charge in [0.15, 0.2) is 0 Å². The molecule has 7 heteroatoms. The van der Waals surface area contributed by atoms with Gasteiger partial charge in [-0.1, -0.05) is 36.4 Å². The molecule has 2 amide bonds. The number of hydrogen-bond donors (Lipinski definition) is 2. The van der Waals surface area contributed by atoms with Crippen LogP contribution in [0.15, 0.2) is 53.9 Å². The number of thiophene rings is 1. The minimum absolute atomic E-state index is 0. The van der Waals surface area contributed by atoms with Gasteiger partial charge in [-0.05, 0) is 60.8 Å². The fraction of sp³-hybridized carbons (Fsp3) is 0.304. The molecule has 2 aromatic carbocycles. The van der Waals surface area contributed by atoms with Crippen molar-refractivity contribution in [2.45, 2.75) is 38.4 Å². The van der Waals surface area contributed by atoms with E-state index in [1.807, 2.05) is 29.2 Å². The largest absolute Gasteiger partial charge is 0.343 e. The molecule has 2 heterocycles. The average Bonchev–Trinajstić information content (AvgIpc) is 3.19. The molecule has 0 spiro atoms. The number of benzene rings is 2. The molecule has 0 fully saturated rings. The first-order chi connectivity index (χ1) is 14.1. The third kappa shape index (κ3) is 4.36. The number of amides is 2. The predicted octanol–water partition coefficient (Wildman–Crippen LogP) is 3.90. The SMILES string of the molecule is CN[C@@H](C)C(=O)N[C@H]1CCc2ccccc2N(Cc2cccc3ccsc23)C1=O.Cl. The van der Waals surface area contributed by atoms with Gasteiger partial charge in [-0.25, -0.2) is 0 Å². The fourth-order valence-electron chi connectivity index (χ4n) is 3.79. The van der Waals surface area contributed by atoms with Gasteiger partial charge in [0.1, 0.15) is 6.04 Å². The van der Waals surface area contributed by atoms with Crippen molar-refractivity contribution in [2.24, 2.45) is 0 Å². The maximum Gasteiger partial charge on any atom is 0.249 e. The summed E-state index contributed by atoms with van der Waals surface area (Å²) in [4.78, 5) is 27.8. The van der Waals surface area contributed by atoms with Gasteiger partial charge in [0.25, 0.3) is 0 Å². The topological polar surface area (TPSA) is 61.4 Å². The molecular weight excluding hydrogens is 418 g/mol. The first kappa shape index (κ1) is 22.3. The van der Waals surface area contributed by atoms with E-state index in [-0.39, 0.29) is 30.3 Å². The zero-order chi connectivity index (χ0) is 20.4. The molecule has 1 aliphatic rings. The molecule has 1 aromatic heterocycles. The van der Waals surface area contributed by atoms with Crippen LogP contribution in [-0.4, -0.2) is 30.9 Å². The maximum absolute atomic E-state index is 13.5. The molecule has 3 aromatic rings. The van der Waals surface area contributed by atoms with Crippen LogP contribution in [0, 0.1) is 0 Å². The zero-order valence-electron chi connectivity index (χ0n) is 17.1. The second kappa shape index (κ2) is 9.60. The summed E-state index contributed by atoms with van der Waals surface area (Å²) in [7, 11) is 1.74. The number of carbonyl (C=O) groups excluding carboxylic acids is 2. The van der Waals surface area contributed by atoms with Crippen LogP contribution in [0.3, 0.4) is 0 Å². The van der Waals surface area contributed by atoms with E-state index in [1.165, 1.54) is 10.1 Å². The predicted molar refractivity (Wildman–Crippen MR) is 125 cm³/mol. The van der Waals surface area contributed by atoms with Gasteiger partial charge in [-0.2, -0.15) is 0 Å². The number of nitrogens with zero attached hydrogens (tertiary/aromatic N) is 1. The average molecular weight is 444 g/mol. The Hall–Kier alpha value is -2.41. The Balaban J connectivity index is 0.00000256. The monoisotopic (exact) mass is 443 g/mol. The standard InChI is InChI=1S/C23H25N3O2S.ClH/c1-15(24-2)22(27)25-19-11-10-16-6-3-4-9-20(16)26(23(19)28)14-18-8-5-7-17-12-13-29-21(17)18;/h3-9,12-13,15,19,24H,10-11,14H2,1-2H3,(H,25,27);1H/t15-,19-;/m0./s1. The summed E-state index contributed by atoms with van der Waals surface area (Å²) >= 11 is 1.69. The maximum atomic E-state index is 13.5. The van der Waals surface area contributed by atoms with Gasteiger partial charge in [0.2, 0.25) is 11.8 Å². The van der Waals surface area contributed by atoms with Crippen LogP contribution in [-0.2, 0) is 22.6 Å². The Morgan fingerprint density at radius 2 is 2.00 bits per heavy atom. The molecule has 2 N–H and O–H groups in total. The lowest BCUT2D eigenvalue weighted by Gasteiger charge is -2.27. The van der Waals surface area contributed by atoms with E-state index < -0.39 is 6.04 Å². The Morgan fingerprint density at radius 3 is 2.80 bits per heavy atom. The zero-order valence-corrected chi connectivity index (χ0v) is 18.7. The van der Waals surface area contributed by atoms with Crippen LogP contribution in [0.4, 0.5) is 5.69 Å². The van der Waals surface area contributed by atoms with E-state index in [4.69, 9.17) is 0 Å². The smallest absolute Gasteiger partial charge is 0.249 e. The number of fused-ring (bicyclic) bond motifs is 2. The Morgan fingerprint density at radius 1 is 1.20 bits per heavy atom. The molecular formula is C23H26ClN3O2S. The molecule has 0 saturated carbocycles. The lowest BCUT2D eigenvalue weighted by atomic mass is 10.1. The van der Waals surface area contributed by atoms with Crippen molar-refractivity contribution in [3.8, 4) is 0 Å². The molecule has 0 radical (unpaired) electrons. The van der Waals surface area contributed by atoms with Crippen molar-refractivity contribution >= 4 is 51.3 Å². The van der Waals surface area contributed by atoms with Gasteiger partial charge in [-0.15, -0.1) is 23.7 Å². The Bertz CT molecular complexity index is 1050. The van der Waals surface area contributed by atoms with Crippen molar-refractivity contribution in [1.82, 2.24) is 10.6 Å². The van der Waals surface area contributed by atoms with Crippen molar-refractivity contribution < 1.29 is 9.59 Å². The fourth-order valence-corrected chi connectivity index (χ4v) is 4.70. The summed E-state index contributed by atoms with van der Waals surface area (Å²) < 4.78 is 1.20. The van der Waals surface area contributed by atoms with Crippen LogP contribution in [0.1, 0.15) is 24.5 Å². The van der Waals surface area contributed by atoms with Gasteiger partial charge in [-0.3, -0.25) is 9.59 Å². The second-order valence-corrected chi connectivity index (χ2v) is 8.34. The molecule has 0 aliphatic carbocycles. The van der Waals surface area contributed by atoms with Gasteiger partial charge >= 0.3 is 0 Å². The summed E-state index contributed by atoms with van der Waals surface area (Å²) in [6.07, 6.45) is 1.35. The summed E-state index contributed by atoms with van der Waals surface area (Å²) in [5, 5.41) is 9.15. The highest BCUT2D eigenvalue weighted by Crippen LogP contribution is 2.31. The molecule has 0 saturated heterocycles. The lowest BCUT2D eigenvalue weighted by molar-refractivity contribution is -0.128. The van der Waals surface area contributed by atoms with E-state index in [0.717, 1.165) is 23.2 Å². The summed E-state index contributed by atoms with van der Waals surface area (Å²) in [6, 6.07) is 15.5. The summed E-state index contributed by atoms with van der Waals surface area (Å²) in [5.41, 5.74) is 3.19. The van der Waals surface area contributed by atoms with E-state index in [2.05, 4.69) is 40.3 Å². The molecule has 0 bridgehead atoms. The number of hydrogen-bond acceptors (Lipinski definition) is 4. The van der Waals surface area contributed by atoms with Crippen molar-refractivity contribution in [3.05, 3.63) is 65.0 Å². The lowest BCUT2D eigenvalue weighted by Crippen LogP contribution is -2.52. The van der Waals surface area contributed by atoms with Crippen LogP contribution in [0.2, 0.25) is 0 Å². The number of likely N-dealkylation sites (N-methyl/N-ethyl adjacent to an activating group) is 1. The van der Waals surface area contributed by atoms with Crippen LogP contribution in [0.25, 0.3) is 10.1 Å². The van der Waals surface area contributed by atoms with Gasteiger partial charge in [0.05, 0.1) is 12.6 Å². The van der Waals surface area contributed by atoms with E-state index in [9.17, 15) is 9.59 Å². The Kier molecular flexibility index (Phi) is 7.13. The summed E-state index contributed by atoms with van der Waals surface area (Å²) in [5.74, 6) is -0.211. The molecule has 30 heavy (non-hydrogen) atoms. The minimum Gasteiger partial charge on any atom is -0.343 e. The normalized spacial score (nSPS) is 17.1. The highest BCUT2D eigenvalue weighted by molar-refractivity contribution is 7.17. The van der Waals surface area contributed by atoms with Crippen LogP contribution >= 0.6 is 23.7 Å². The number of para-hydroxylation sites is 1. The number of rotatable bonds is 5. The van der Waals surface area contributed by atoms with E-state index in [1.54, 1.807) is 25.3 Å². The van der Waals surface area contributed by atoms with Crippen LogP contribution < -0.4 is 15.5 Å². The number of carbonyl (C=O) groups is 2. The Labute approximate surface area is 186 Å². The molecule has 5 nitrogen and oxygen atoms in total. The number of nitrogens with one attached hydrogen (secondary N) is 2. The van der Waals surface area contributed by atoms with E-state index >= 15 is 0 Å². The highest BCUT2D eigenvalue weighted by atomic mass is 35.5. The molecule has 2 atom stereocenters. The third-order valence-electron chi connectivity index (χ3n) is 5.58. The number of aryl methyl sites for hydroxylation is 1. The van der Waals surface area contributed by atoms with Crippen LogP contribution in [0.5, 0.6) is 0 Å². The molecule has 1 aliphatic heterocycles. The first-order valence-electron chi connectivity index (χ1n) is 9.90. The molecule has 158 valence electrons. The van der Waals surface area contributed by atoms with Crippen molar-refractivity contribution in [3.63, 3.8) is 0 Å².